The summed E-state index contributed by atoms with van der Waals surface area (Å²) in [5.41, 5.74) is 7.22. The summed E-state index contributed by atoms with van der Waals surface area (Å²) in [4.78, 5) is 8.67. The first-order valence-corrected chi connectivity index (χ1v) is 6.94. The van der Waals surface area contributed by atoms with Crippen molar-refractivity contribution in [3.8, 4) is 17.1 Å². The molecule has 0 spiro atoms. The van der Waals surface area contributed by atoms with Crippen LogP contribution in [-0.2, 0) is 0 Å². The molecule has 0 bridgehead atoms. The van der Waals surface area contributed by atoms with Gasteiger partial charge in [0.1, 0.15) is 5.82 Å². The zero-order valence-electron chi connectivity index (χ0n) is 11.1. The van der Waals surface area contributed by atoms with Gasteiger partial charge in [0.05, 0.1) is 12.6 Å². The van der Waals surface area contributed by atoms with Crippen LogP contribution in [0.2, 0.25) is 0 Å². The number of hydrogen-bond acceptors (Lipinski definition) is 4. The highest BCUT2D eigenvalue weighted by Crippen LogP contribution is 2.28. The molecule has 0 aliphatic rings. The maximum absolute atomic E-state index is 13.8. The average Bonchev–Trinajstić information content (AvgIpc) is 2.47. The van der Waals surface area contributed by atoms with Crippen LogP contribution in [0.25, 0.3) is 22.3 Å². The van der Waals surface area contributed by atoms with E-state index in [4.69, 9.17) is 10.5 Å². The average molecular weight is 348 g/mol. The van der Waals surface area contributed by atoms with E-state index in [2.05, 4.69) is 25.9 Å². The van der Waals surface area contributed by atoms with Gasteiger partial charge in [-0.1, -0.05) is 15.9 Å². The summed E-state index contributed by atoms with van der Waals surface area (Å²) in [6, 6.07) is 10.1. The summed E-state index contributed by atoms with van der Waals surface area (Å²) in [7, 11) is 1.42. The van der Waals surface area contributed by atoms with Crippen molar-refractivity contribution in [2.45, 2.75) is 0 Å². The van der Waals surface area contributed by atoms with E-state index >= 15 is 0 Å². The molecular formula is C15H11BrFN3O. The van der Waals surface area contributed by atoms with Crippen LogP contribution in [0, 0.1) is 5.82 Å². The Bertz CT molecular complexity index is 839. The molecule has 0 amide bonds. The number of aromatic nitrogens is 2. The highest BCUT2D eigenvalue weighted by atomic mass is 79.9. The van der Waals surface area contributed by atoms with Crippen LogP contribution in [-0.4, -0.2) is 17.1 Å². The van der Waals surface area contributed by atoms with Crippen molar-refractivity contribution in [2.24, 2.45) is 0 Å². The first-order valence-electron chi connectivity index (χ1n) is 6.15. The van der Waals surface area contributed by atoms with Gasteiger partial charge in [-0.2, -0.15) is 0 Å². The second kappa shape index (κ2) is 5.29. The summed E-state index contributed by atoms with van der Waals surface area (Å²) < 4.78 is 19.6. The Morgan fingerprint density at radius 2 is 1.95 bits per heavy atom. The maximum Gasteiger partial charge on any atom is 0.165 e. The zero-order valence-corrected chi connectivity index (χ0v) is 12.7. The van der Waals surface area contributed by atoms with E-state index in [1.54, 1.807) is 6.07 Å². The Labute approximate surface area is 128 Å². The lowest BCUT2D eigenvalue weighted by Crippen LogP contribution is -1.98. The van der Waals surface area contributed by atoms with Gasteiger partial charge in [0.2, 0.25) is 0 Å². The summed E-state index contributed by atoms with van der Waals surface area (Å²) in [5.74, 6) is 0.445. The number of fused-ring (bicyclic) bond motifs is 1. The van der Waals surface area contributed by atoms with Gasteiger partial charge in [-0.3, -0.25) is 0 Å². The third-order valence-corrected chi connectivity index (χ3v) is 3.59. The number of ether oxygens (including phenoxy) is 1. The molecule has 2 N–H and O–H groups in total. The van der Waals surface area contributed by atoms with Gasteiger partial charge in [-0.15, -0.1) is 0 Å². The van der Waals surface area contributed by atoms with Crippen molar-refractivity contribution in [2.75, 3.05) is 12.8 Å². The van der Waals surface area contributed by atoms with Gasteiger partial charge >= 0.3 is 0 Å². The maximum atomic E-state index is 13.8. The quantitative estimate of drug-likeness (QED) is 0.766. The normalized spacial score (nSPS) is 10.8. The third-order valence-electron chi connectivity index (χ3n) is 3.10. The Balaban J connectivity index is 2.17. The van der Waals surface area contributed by atoms with Gasteiger partial charge in [-0.05, 0) is 36.4 Å². The van der Waals surface area contributed by atoms with Crippen LogP contribution in [0.3, 0.4) is 0 Å². The first kappa shape index (κ1) is 13.8. The van der Waals surface area contributed by atoms with Gasteiger partial charge in [0, 0.05) is 15.4 Å². The smallest absolute Gasteiger partial charge is 0.165 e. The van der Waals surface area contributed by atoms with E-state index in [0.717, 1.165) is 9.86 Å². The molecule has 0 atom stereocenters. The summed E-state index contributed by atoms with van der Waals surface area (Å²) >= 11 is 3.38. The minimum Gasteiger partial charge on any atom is -0.494 e. The number of hydrogen-bond donors (Lipinski definition) is 1. The van der Waals surface area contributed by atoms with Crippen LogP contribution in [0.15, 0.2) is 40.9 Å². The molecule has 3 aromatic rings. The molecule has 0 fully saturated rings. The second-order valence-corrected chi connectivity index (χ2v) is 5.36. The molecule has 0 aliphatic heterocycles. The van der Waals surface area contributed by atoms with Crippen molar-refractivity contribution in [3.05, 3.63) is 46.7 Å². The Hall–Kier alpha value is -2.21. The Kier molecular flexibility index (Phi) is 3.47. The molecule has 21 heavy (non-hydrogen) atoms. The standard InChI is InChI=1S/C15H11BrFN3O/c1-21-13-5-2-8(6-11(13)17)15-19-12-4-3-9(16)7-10(12)14(18)20-15/h2-7H,1H3,(H2,18,19,20). The largest absolute Gasteiger partial charge is 0.494 e. The molecule has 1 heterocycles. The number of nitrogen functional groups attached to an aromatic ring is 1. The minimum atomic E-state index is -0.465. The SMILES string of the molecule is COc1ccc(-c2nc(N)c3cc(Br)ccc3n2)cc1F. The van der Waals surface area contributed by atoms with E-state index < -0.39 is 5.82 Å². The number of rotatable bonds is 2. The third kappa shape index (κ3) is 2.54. The monoisotopic (exact) mass is 347 g/mol. The molecule has 2 aromatic carbocycles. The fraction of sp³-hybridized carbons (Fsp3) is 0.0667. The van der Waals surface area contributed by atoms with Crippen LogP contribution in [0.1, 0.15) is 0 Å². The van der Waals surface area contributed by atoms with E-state index in [0.29, 0.717) is 22.7 Å². The highest BCUT2D eigenvalue weighted by molar-refractivity contribution is 9.10. The predicted molar refractivity (Wildman–Crippen MR) is 83.6 cm³/mol. The molecule has 0 radical (unpaired) electrons. The Morgan fingerprint density at radius 3 is 2.67 bits per heavy atom. The van der Waals surface area contributed by atoms with Crippen molar-refractivity contribution in [1.82, 2.24) is 9.97 Å². The summed E-state index contributed by atoms with van der Waals surface area (Å²) in [5, 5.41) is 0.752. The molecule has 0 unspecified atom stereocenters. The van der Waals surface area contributed by atoms with E-state index in [1.807, 2.05) is 18.2 Å². The van der Waals surface area contributed by atoms with Crippen LogP contribution >= 0.6 is 15.9 Å². The predicted octanol–water partition coefficient (Wildman–Crippen LogP) is 3.79. The molecule has 1 aromatic heterocycles. The van der Waals surface area contributed by atoms with Gasteiger partial charge < -0.3 is 10.5 Å². The molecule has 106 valence electrons. The summed E-state index contributed by atoms with van der Waals surface area (Å²) in [6.45, 7) is 0. The number of halogens is 2. The van der Waals surface area contributed by atoms with Crippen molar-refractivity contribution in [1.29, 1.82) is 0 Å². The number of anilines is 1. The molecule has 4 nitrogen and oxygen atoms in total. The van der Waals surface area contributed by atoms with Crippen LogP contribution in [0.5, 0.6) is 5.75 Å². The van der Waals surface area contributed by atoms with Gasteiger partial charge in [0.25, 0.3) is 0 Å². The van der Waals surface area contributed by atoms with Gasteiger partial charge in [-0.25, -0.2) is 14.4 Å². The first-order chi connectivity index (χ1) is 10.1. The molecule has 3 rings (SSSR count). The van der Waals surface area contributed by atoms with Crippen molar-refractivity contribution in [3.63, 3.8) is 0 Å². The molecule has 0 aliphatic carbocycles. The topological polar surface area (TPSA) is 61.0 Å². The minimum absolute atomic E-state index is 0.177. The fourth-order valence-corrected chi connectivity index (χ4v) is 2.42. The fourth-order valence-electron chi connectivity index (χ4n) is 2.06. The molecule has 0 saturated heterocycles. The lowest BCUT2D eigenvalue weighted by atomic mass is 10.1. The second-order valence-electron chi connectivity index (χ2n) is 4.44. The van der Waals surface area contributed by atoms with E-state index in [1.165, 1.54) is 19.2 Å². The molecule has 6 heteroatoms. The number of methoxy groups -OCH3 is 1. The van der Waals surface area contributed by atoms with Crippen LogP contribution < -0.4 is 10.5 Å². The van der Waals surface area contributed by atoms with E-state index in [9.17, 15) is 4.39 Å². The highest BCUT2D eigenvalue weighted by Gasteiger charge is 2.10. The van der Waals surface area contributed by atoms with Crippen molar-refractivity contribution < 1.29 is 9.13 Å². The molecular weight excluding hydrogens is 337 g/mol. The van der Waals surface area contributed by atoms with Crippen molar-refractivity contribution >= 4 is 32.7 Å². The lowest BCUT2D eigenvalue weighted by Gasteiger charge is -2.07. The Morgan fingerprint density at radius 1 is 1.14 bits per heavy atom. The van der Waals surface area contributed by atoms with Gasteiger partial charge in [0.15, 0.2) is 17.4 Å². The lowest BCUT2D eigenvalue weighted by molar-refractivity contribution is 0.386. The number of nitrogens with two attached hydrogens (primary N) is 1. The van der Waals surface area contributed by atoms with Crippen LogP contribution in [0.4, 0.5) is 10.2 Å². The summed E-state index contributed by atoms with van der Waals surface area (Å²) in [6.07, 6.45) is 0. The zero-order chi connectivity index (χ0) is 15.0. The van der Waals surface area contributed by atoms with E-state index in [-0.39, 0.29) is 5.75 Å². The number of nitrogens with zero attached hydrogens (tertiary/aromatic N) is 2. The molecule has 0 saturated carbocycles. The number of benzene rings is 2.